The van der Waals surface area contributed by atoms with Crippen molar-refractivity contribution in [2.75, 3.05) is 19.6 Å². The quantitative estimate of drug-likeness (QED) is 0.215. The summed E-state index contributed by atoms with van der Waals surface area (Å²) in [6.45, 7) is 0. The standard InChI is InChI=1S/C34H28BrCl2N3O7/c1-46-18-6-3-16(4-7-18)34-22(32(44)40(33(34)45)39-25-10-5-17(36)13-24(25)37)14-21-19(8-9-20-27(21)31(43)38-30(20)42)28(34)15-11-23(35)29(41)26(12-15)47-2/h3-8,10-13,20-22,27-28,39,41H,9,14H2,1-2H3,(H,38,42,43). The Labute approximate surface area is 288 Å². The zero-order valence-corrected chi connectivity index (χ0v) is 28.2. The zero-order chi connectivity index (χ0) is 33.4. The molecule has 3 N–H and O–H groups in total. The molecule has 7 rings (SSSR count). The van der Waals surface area contributed by atoms with Gasteiger partial charge in [0, 0.05) is 10.9 Å². The van der Waals surface area contributed by atoms with E-state index in [0.29, 0.717) is 32.1 Å². The van der Waals surface area contributed by atoms with E-state index >= 15 is 4.79 Å². The van der Waals surface area contributed by atoms with Gasteiger partial charge in [0.05, 0.1) is 52.6 Å². The highest BCUT2D eigenvalue weighted by Crippen LogP contribution is 2.64. The second-order valence-corrected chi connectivity index (χ2v) is 13.8. The summed E-state index contributed by atoms with van der Waals surface area (Å²) in [4.78, 5) is 56.0. The highest BCUT2D eigenvalue weighted by Gasteiger charge is 2.70. The summed E-state index contributed by atoms with van der Waals surface area (Å²) in [6.07, 6.45) is 2.35. The molecular formula is C34H28BrCl2N3O7. The van der Waals surface area contributed by atoms with Gasteiger partial charge in [-0.3, -0.25) is 29.9 Å². The number of methoxy groups -OCH3 is 2. The SMILES string of the molecule is COc1ccc(C23C(=O)N(Nc4ccc(Cl)cc4Cl)C(=O)C2CC2C(=CCC4C(=O)NC(=O)C42)C3c2cc(Br)c(O)c(OC)c2)cc1. The Hall–Kier alpha value is -4.06. The fourth-order valence-corrected chi connectivity index (χ4v) is 8.96. The lowest BCUT2D eigenvalue weighted by atomic mass is 9.49. The molecular weight excluding hydrogens is 713 g/mol. The van der Waals surface area contributed by atoms with Gasteiger partial charge in [-0.2, -0.15) is 5.01 Å². The highest BCUT2D eigenvalue weighted by atomic mass is 79.9. The number of allylic oxidation sites excluding steroid dienone is 2. The van der Waals surface area contributed by atoms with Crippen molar-refractivity contribution in [1.29, 1.82) is 0 Å². The van der Waals surface area contributed by atoms with Crippen molar-refractivity contribution in [3.63, 3.8) is 0 Å². The van der Waals surface area contributed by atoms with Crippen molar-refractivity contribution in [2.45, 2.75) is 24.2 Å². The maximum absolute atomic E-state index is 15.2. The number of aromatic hydroxyl groups is 1. The Morgan fingerprint density at radius 2 is 1.72 bits per heavy atom. The van der Waals surface area contributed by atoms with Gasteiger partial charge in [0.15, 0.2) is 11.5 Å². The van der Waals surface area contributed by atoms with E-state index in [1.165, 1.54) is 20.3 Å². The van der Waals surface area contributed by atoms with Gasteiger partial charge in [0.2, 0.25) is 11.8 Å². The molecule has 10 nitrogen and oxygen atoms in total. The minimum atomic E-state index is -1.54. The number of nitrogens with zero attached hydrogens (tertiary/aromatic N) is 1. The van der Waals surface area contributed by atoms with Crippen molar-refractivity contribution < 1.29 is 33.8 Å². The average molecular weight is 741 g/mol. The smallest absolute Gasteiger partial charge is 0.260 e. The van der Waals surface area contributed by atoms with E-state index in [0.717, 1.165) is 10.6 Å². The van der Waals surface area contributed by atoms with E-state index in [2.05, 4.69) is 26.7 Å². The molecule has 2 heterocycles. The number of fused-ring (bicyclic) bond motifs is 4. The van der Waals surface area contributed by atoms with Gasteiger partial charge < -0.3 is 14.6 Å². The normalized spacial score (nSPS) is 27.9. The van der Waals surface area contributed by atoms with E-state index in [4.69, 9.17) is 32.7 Å². The molecule has 6 atom stereocenters. The number of carbonyl (C=O) groups excluding carboxylic acids is 4. The number of anilines is 1. The number of phenols is 1. The molecule has 2 aliphatic heterocycles. The molecule has 47 heavy (non-hydrogen) atoms. The summed E-state index contributed by atoms with van der Waals surface area (Å²) < 4.78 is 11.3. The molecule has 3 aromatic rings. The Morgan fingerprint density at radius 3 is 2.40 bits per heavy atom. The monoisotopic (exact) mass is 739 g/mol. The third kappa shape index (κ3) is 4.65. The minimum Gasteiger partial charge on any atom is -0.503 e. The third-order valence-corrected chi connectivity index (χ3v) is 11.2. The summed E-state index contributed by atoms with van der Waals surface area (Å²) in [5.74, 6) is -4.84. The Morgan fingerprint density at radius 1 is 0.979 bits per heavy atom. The van der Waals surface area contributed by atoms with E-state index in [9.17, 15) is 19.5 Å². The Bertz CT molecular complexity index is 1900. The first-order chi connectivity index (χ1) is 22.5. The number of hydrogen-bond donors (Lipinski definition) is 3. The van der Waals surface area contributed by atoms with Crippen LogP contribution in [-0.4, -0.2) is 48.0 Å². The molecule has 0 spiro atoms. The summed E-state index contributed by atoms with van der Waals surface area (Å²) in [5, 5.41) is 14.8. The van der Waals surface area contributed by atoms with Crippen LogP contribution in [0, 0.1) is 23.7 Å². The van der Waals surface area contributed by atoms with Crippen molar-refractivity contribution >= 4 is 68.4 Å². The number of hydrazine groups is 1. The average Bonchev–Trinajstić information content (AvgIpc) is 3.47. The second kappa shape index (κ2) is 11.6. The number of benzene rings is 3. The van der Waals surface area contributed by atoms with E-state index in [1.807, 2.05) is 6.08 Å². The van der Waals surface area contributed by atoms with Crippen LogP contribution in [0.25, 0.3) is 0 Å². The fraction of sp³-hybridized carbons (Fsp3) is 0.294. The van der Waals surface area contributed by atoms with Gasteiger partial charge in [-0.05, 0) is 88.3 Å². The number of amides is 4. The summed E-state index contributed by atoms with van der Waals surface area (Å²) in [5.41, 5.74) is 3.60. The number of carbonyl (C=O) groups is 4. The minimum absolute atomic E-state index is 0.129. The van der Waals surface area contributed by atoms with Crippen LogP contribution in [0.3, 0.4) is 0 Å². The molecule has 0 radical (unpaired) electrons. The maximum atomic E-state index is 15.2. The van der Waals surface area contributed by atoms with Crippen LogP contribution in [0.15, 0.2) is 70.7 Å². The predicted octanol–water partition coefficient (Wildman–Crippen LogP) is 5.75. The van der Waals surface area contributed by atoms with Crippen molar-refractivity contribution in [1.82, 2.24) is 10.3 Å². The molecule has 3 fully saturated rings. The van der Waals surface area contributed by atoms with Gasteiger partial charge in [-0.1, -0.05) is 47.0 Å². The number of ether oxygens (including phenoxy) is 2. The molecule has 4 aliphatic rings. The highest BCUT2D eigenvalue weighted by molar-refractivity contribution is 9.10. The molecule has 13 heteroatoms. The van der Waals surface area contributed by atoms with Crippen molar-refractivity contribution in [3.8, 4) is 17.2 Å². The first-order valence-corrected chi connectivity index (χ1v) is 16.4. The molecule has 6 unspecified atom stereocenters. The molecule has 0 bridgehead atoms. The van der Waals surface area contributed by atoms with Crippen LogP contribution < -0.4 is 20.2 Å². The van der Waals surface area contributed by atoms with Gasteiger partial charge in [-0.25, -0.2) is 0 Å². The lowest BCUT2D eigenvalue weighted by molar-refractivity contribution is -0.138. The van der Waals surface area contributed by atoms with Crippen molar-refractivity contribution in [3.05, 3.63) is 91.9 Å². The summed E-state index contributed by atoms with van der Waals surface area (Å²) in [7, 11) is 2.95. The molecule has 0 aromatic heterocycles. The first-order valence-electron chi connectivity index (χ1n) is 14.9. The van der Waals surface area contributed by atoms with E-state index in [-0.39, 0.29) is 35.3 Å². The lowest BCUT2D eigenvalue weighted by Crippen LogP contribution is -2.53. The van der Waals surface area contributed by atoms with Gasteiger partial charge in [0.25, 0.3) is 11.8 Å². The number of imide groups is 2. The maximum Gasteiger partial charge on any atom is 0.260 e. The third-order valence-electron chi connectivity index (χ3n) is 10.0. The van der Waals surface area contributed by atoms with E-state index < -0.39 is 52.7 Å². The zero-order valence-electron chi connectivity index (χ0n) is 25.1. The Balaban J connectivity index is 1.50. The molecule has 242 valence electrons. The summed E-state index contributed by atoms with van der Waals surface area (Å²) >= 11 is 16.0. The predicted molar refractivity (Wildman–Crippen MR) is 176 cm³/mol. The van der Waals surface area contributed by atoms with Gasteiger partial charge in [-0.15, -0.1) is 0 Å². The Kier molecular flexibility index (Phi) is 7.76. The number of phenolic OH excluding ortho intramolecular Hbond substituents is 1. The van der Waals surface area contributed by atoms with Crippen LogP contribution in [-0.2, 0) is 24.6 Å². The summed E-state index contributed by atoms with van der Waals surface area (Å²) in [6, 6.07) is 15.0. The molecule has 2 saturated heterocycles. The molecule has 2 aliphatic carbocycles. The number of nitrogens with one attached hydrogen (secondary N) is 2. The van der Waals surface area contributed by atoms with Crippen LogP contribution in [0.5, 0.6) is 17.2 Å². The first kappa shape index (κ1) is 31.5. The van der Waals surface area contributed by atoms with Crippen LogP contribution in [0.4, 0.5) is 5.69 Å². The fourth-order valence-electron chi connectivity index (χ4n) is 8.05. The number of hydrogen-bond acceptors (Lipinski definition) is 8. The van der Waals surface area contributed by atoms with Crippen LogP contribution in [0.1, 0.15) is 29.9 Å². The topological polar surface area (TPSA) is 134 Å². The van der Waals surface area contributed by atoms with Crippen LogP contribution in [0.2, 0.25) is 10.0 Å². The molecule has 1 saturated carbocycles. The lowest BCUT2D eigenvalue weighted by Gasteiger charge is -2.50. The molecule has 3 aromatic carbocycles. The number of rotatable bonds is 6. The largest absolute Gasteiger partial charge is 0.503 e. The van der Waals surface area contributed by atoms with Gasteiger partial charge >= 0.3 is 0 Å². The number of halogens is 3. The van der Waals surface area contributed by atoms with Crippen molar-refractivity contribution in [2.24, 2.45) is 23.7 Å². The van der Waals surface area contributed by atoms with E-state index in [1.54, 1.807) is 48.5 Å². The van der Waals surface area contributed by atoms with Crippen LogP contribution >= 0.6 is 39.1 Å². The second-order valence-electron chi connectivity index (χ2n) is 12.1. The molecule has 4 amide bonds. The van der Waals surface area contributed by atoms with Gasteiger partial charge in [0.1, 0.15) is 5.75 Å².